The molecule has 0 atom stereocenters. The predicted octanol–water partition coefficient (Wildman–Crippen LogP) is 4.40. The fraction of sp³-hybridized carbons (Fsp3) is 0.133. The minimum atomic E-state index is -4.35. The van der Waals surface area contributed by atoms with Crippen LogP contribution in [0.25, 0.3) is 0 Å². The highest BCUT2D eigenvalue weighted by atomic mass is 19.4. The summed E-state index contributed by atoms with van der Waals surface area (Å²) in [6, 6.07) is 10.4. The molecule has 0 bridgehead atoms. The van der Waals surface area contributed by atoms with Crippen molar-refractivity contribution in [3.8, 4) is 0 Å². The molecule has 0 aliphatic carbocycles. The van der Waals surface area contributed by atoms with Gasteiger partial charge in [-0.05, 0) is 35.4 Å². The molecule has 6 heteroatoms. The van der Waals surface area contributed by atoms with E-state index in [2.05, 4.69) is 5.16 Å². The maximum atomic E-state index is 12.9. The van der Waals surface area contributed by atoms with E-state index < -0.39 is 11.7 Å². The summed E-state index contributed by atoms with van der Waals surface area (Å²) in [4.78, 5) is 4.95. The molecule has 0 fully saturated rings. The molecule has 0 spiro atoms. The van der Waals surface area contributed by atoms with E-state index in [1.807, 2.05) is 0 Å². The summed E-state index contributed by atoms with van der Waals surface area (Å²) < 4.78 is 50.0. The second-order valence-corrected chi connectivity index (χ2v) is 4.26. The molecule has 2 aromatic rings. The Bertz CT molecular complexity index is 620. The number of oxime groups is 1. The Kier molecular flexibility index (Phi) is 4.57. The zero-order valence-corrected chi connectivity index (χ0v) is 10.8. The maximum absolute atomic E-state index is 12.9. The lowest BCUT2D eigenvalue weighted by Crippen LogP contribution is -2.04. The smallest absolute Gasteiger partial charge is 0.391 e. The van der Waals surface area contributed by atoms with Gasteiger partial charge in [0, 0.05) is 0 Å². The molecule has 0 aliphatic rings. The van der Waals surface area contributed by atoms with Gasteiger partial charge in [-0.1, -0.05) is 29.4 Å². The van der Waals surface area contributed by atoms with E-state index in [-0.39, 0.29) is 12.4 Å². The van der Waals surface area contributed by atoms with Gasteiger partial charge in [0.15, 0.2) is 0 Å². The van der Waals surface area contributed by atoms with Crippen LogP contribution in [0.2, 0.25) is 0 Å². The van der Waals surface area contributed by atoms with Crippen molar-refractivity contribution in [1.82, 2.24) is 0 Å². The maximum Gasteiger partial charge on any atom is 0.416 e. The number of hydrogen-bond donors (Lipinski definition) is 0. The van der Waals surface area contributed by atoms with Gasteiger partial charge in [0.1, 0.15) is 12.4 Å². The lowest BCUT2D eigenvalue weighted by atomic mass is 10.1. The summed E-state index contributed by atoms with van der Waals surface area (Å²) in [6.07, 6.45) is -3.03. The van der Waals surface area contributed by atoms with E-state index in [1.165, 1.54) is 36.5 Å². The molecule has 21 heavy (non-hydrogen) atoms. The van der Waals surface area contributed by atoms with Crippen LogP contribution in [0.1, 0.15) is 16.7 Å². The van der Waals surface area contributed by atoms with Crippen LogP contribution in [-0.2, 0) is 17.6 Å². The van der Waals surface area contributed by atoms with E-state index >= 15 is 0 Å². The summed E-state index contributed by atoms with van der Waals surface area (Å²) in [5, 5.41) is 3.64. The van der Waals surface area contributed by atoms with Gasteiger partial charge < -0.3 is 4.84 Å². The van der Waals surface area contributed by atoms with Crippen molar-refractivity contribution in [2.45, 2.75) is 12.8 Å². The number of rotatable bonds is 4. The molecular formula is C15H11F4NO. The van der Waals surface area contributed by atoms with Gasteiger partial charge in [0.25, 0.3) is 0 Å². The van der Waals surface area contributed by atoms with E-state index in [4.69, 9.17) is 4.84 Å². The Morgan fingerprint density at radius 1 is 1.05 bits per heavy atom. The number of benzene rings is 2. The van der Waals surface area contributed by atoms with Crippen LogP contribution in [-0.4, -0.2) is 6.21 Å². The fourth-order valence-corrected chi connectivity index (χ4v) is 1.59. The second kappa shape index (κ2) is 6.39. The van der Waals surface area contributed by atoms with Gasteiger partial charge >= 0.3 is 6.18 Å². The third-order valence-corrected chi connectivity index (χ3v) is 2.64. The lowest BCUT2D eigenvalue weighted by molar-refractivity contribution is -0.137. The second-order valence-electron chi connectivity index (χ2n) is 4.26. The van der Waals surface area contributed by atoms with Crippen molar-refractivity contribution in [2.75, 3.05) is 0 Å². The SMILES string of the molecule is Fc1cccc(C=NOCc2ccc(C(F)(F)F)cc2)c1. The van der Waals surface area contributed by atoms with Crippen molar-refractivity contribution >= 4 is 6.21 Å². The first-order valence-corrected chi connectivity index (χ1v) is 6.02. The average Bonchev–Trinajstić information content (AvgIpc) is 2.43. The van der Waals surface area contributed by atoms with Crippen molar-refractivity contribution in [3.63, 3.8) is 0 Å². The van der Waals surface area contributed by atoms with Crippen molar-refractivity contribution in [1.29, 1.82) is 0 Å². The van der Waals surface area contributed by atoms with Crippen molar-refractivity contribution in [3.05, 3.63) is 71.0 Å². The Hall–Kier alpha value is -2.37. The largest absolute Gasteiger partial charge is 0.416 e. The van der Waals surface area contributed by atoms with Crippen LogP contribution in [0.15, 0.2) is 53.7 Å². The molecule has 2 aromatic carbocycles. The van der Waals surface area contributed by atoms with E-state index in [0.29, 0.717) is 11.1 Å². The van der Waals surface area contributed by atoms with Crippen LogP contribution in [0.3, 0.4) is 0 Å². The quantitative estimate of drug-likeness (QED) is 0.466. The Labute approximate surface area is 118 Å². The molecule has 0 N–H and O–H groups in total. The average molecular weight is 297 g/mol. The van der Waals surface area contributed by atoms with Crippen LogP contribution in [0.4, 0.5) is 17.6 Å². The lowest BCUT2D eigenvalue weighted by Gasteiger charge is -2.06. The summed E-state index contributed by atoms with van der Waals surface area (Å²) in [5.41, 5.74) is 0.372. The van der Waals surface area contributed by atoms with E-state index in [0.717, 1.165) is 12.1 Å². The fourth-order valence-electron chi connectivity index (χ4n) is 1.59. The molecule has 0 saturated carbocycles. The Morgan fingerprint density at radius 3 is 2.38 bits per heavy atom. The predicted molar refractivity (Wildman–Crippen MR) is 70.2 cm³/mol. The molecule has 2 rings (SSSR count). The van der Waals surface area contributed by atoms with Crippen LogP contribution in [0, 0.1) is 5.82 Å². The Morgan fingerprint density at radius 2 is 1.76 bits per heavy atom. The molecule has 0 unspecified atom stereocenters. The van der Waals surface area contributed by atoms with Gasteiger partial charge in [-0.2, -0.15) is 13.2 Å². The van der Waals surface area contributed by atoms with Crippen LogP contribution < -0.4 is 0 Å². The number of nitrogens with zero attached hydrogens (tertiary/aromatic N) is 1. The molecule has 0 saturated heterocycles. The van der Waals surface area contributed by atoms with Crippen LogP contribution in [0.5, 0.6) is 0 Å². The third kappa shape index (κ3) is 4.59. The van der Waals surface area contributed by atoms with E-state index in [1.54, 1.807) is 6.07 Å². The molecular weight excluding hydrogens is 286 g/mol. The molecule has 0 radical (unpaired) electrons. The normalized spacial score (nSPS) is 11.8. The van der Waals surface area contributed by atoms with Gasteiger partial charge in [-0.15, -0.1) is 0 Å². The number of hydrogen-bond acceptors (Lipinski definition) is 2. The zero-order valence-electron chi connectivity index (χ0n) is 10.8. The van der Waals surface area contributed by atoms with Gasteiger partial charge in [-0.3, -0.25) is 0 Å². The van der Waals surface area contributed by atoms with Gasteiger partial charge in [-0.25, -0.2) is 4.39 Å². The molecule has 0 amide bonds. The highest BCUT2D eigenvalue weighted by Crippen LogP contribution is 2.29. The van der Waals surface area contributed by atoms with Gasteiger partial charge in [0.2, 0.25) is 0 Å². The summed E-state index contributed by atoms with van der Waals surface area (Å²) in [7, 11) is 0. The minimum Gasteiger partial charge on any atom is -0.391 e. The molecule has 110 valence electrons. The standard InChI is InChI=1S/C15H11F4NO/c16-14-3-1-2-12(8-14)9-20-21-10-11-4-6-13(7-5-11)15(17,18)19/h1-9H,10H2. The first kappa shape index (κ1) is 15.0. The third-order valence-electron chi connectivity index (χ3n) is 2.64. The molecule has 0 aliphatic heterocycles. The van der Waals surface area contributed by atoms with Crippen molar-refractivity contribution < 1.29 is 22.4 Å². The molecule has 0 heterocycles. The highest BCUT2D eigenvalue weighted by molar-refractivity contribution is 5.78. The monoisotopic (exact) mass is 297 g/mol. The highest BCUT2D eigenvalue weighted by Gasteiger charge is 2.29. The summed E-state index contributed by atoms with van der Waals surface area (Å²) >= 11 is 0. The topological polar surface area (TPSA) is 21.6 Å². The van der Waals surface area contributed by atoms with Crippen LogP contribution >= 0.6 is 0 Å². The first-order chi connectivity index (χ1) is 9.95. The zero-order chi connectivity index (χ0) is 15.3. The molecule has 2 nitrogen and oxygen atoms in total. The number of halogens is 4. The van der Waals surface area contributed by atoms with Crippen molar-refractivity contribution in [2.24, 2.45) is 5.16 Å². The summed E-state index contributed by atoms with van der Waals surface area (Å²) in [6.45, 7) is 0.0317. The Balaban J connectivity index is 1.89. The molecule has 0 aromatic heterocycles. The first-order valence-electron chi connectivity index (χ1n) is 6.02. The summed E-state index contributed by atoms with van der Waals surface area (Å²) in [5.74, 6) is -0.387. The van der Waals surface area contributed by atoms with Gasteiger partial charge in [0.05, 0.1) is 11.8 Å². The minimum absolute atomic E-state index is 0.0317. The van der Waals surface area contributed by atoms with E-state index in [9.17, 15) is 17.6 Å². The number of alkyl halides is 3.